The molecule has 0 saturated heterocycles. The summed E-state index contributed by atoms with van der Waals surface area (Å²) in [4.78, 5) is 17.4. The average Bonchev–Trinajstić information content (AvgIpc) is 3.27. The zero-order valence-corrected chi connectivity index (χ0v) is 22.3. The highest BCUT2D eigenvalue weighted by Gasteiger charge is 2.17. The first-order chi connectivity index (χ1) is 16.8. The summed E-state index contributed by atoms with van der Waals surface area (Å²) >= 11 is 8.76. The number of methoxy groups -OCH3 is 1. The van der Waals surface area contributed by atoms with E-state index in [4.69, 9.17) is 21.4 Å². The summed E-state index contributed by atoms with van der Waals surface area (Å²) in [6, 6.07) is 17.3. The fourth-order valence-corrected chi connectivity index (χ4v) is 4.59. The number of fused-ring (bicyclic) bond motifs is 1. The van der Waals surface area contributed by atoms with E-state index >= 15 is 0 Å². The van der Waals surface area contributed by atoms with Crippen molar-refractivity contribution in [1.29, 1.82) is 0 Å². The van der Waals surface area contributed by atoms with Crippen molar-refractivity contribution in [1.82, 2.24) is 10.3 Å². The Morgan fingerprint density at radius 1 is 1.17 bits per heavy atom. The molecule has 3 aromatic carbocycles. The molecule has 0 aliphatic rings. The number of aryl methyl sites for hydroxylation is 1. The summed E-state index contributed by atoms with van der Waals surface area (Å²) in [5.41, 5.74) is 5.68. The minimum absolute atomic E-state index is 0.182. The Morgan fingerprint density at radius 3 is 2.60 bits per heavy atom. The third-order valence-electron chi connectivity index (χ3n) is 5.90. The van der Waals surface area contributed by atoms with Crippen LogP contribution in [-0.2, 0) is 0 Å². The maximum Gasteiger partial charge on any atom is 0.261 e. The van der Waals surface area contributed by atoms with Crippen LogP contribution >= 0.6 is 28.1 Å². The molecule has 0 fully saturated rings. The molecule has 0 radical (unpaired) electrons. The Hall–Kier alpha value is -3.23. The molecular formula is C27H26BrN3O3S. The summed E-state index contributed by atoms with van der Waals surface area (Å²) < 4.78 is 12.1. The van der Waals surface area contributed by atoms with Gasteiger partial charge in [0.05, 0.1) is 12.7 Å². The number of halogens is 1. The van der Waals surface area contributed by atoms with Crippen molar-refractivity contribution < 1.29 is 13.9 Å². The third kappa shape index (κ3) is 5.55. The first-order valence-electron chi connectivity index (χ1n) is 11.3. The van der Waals surface area contributed by atoms with Gasteiger partial charge in [0.25, 0.3) is 5.91 Å². The quantitative estimate of drug-likeness (QED) is 0.246. The first-order valence-corrected chi connectivity index (χ1v) is 12.5. The van der Waals surface area contributed by atoms with Gasteiger partial charge in [0.2, 0.25) is 5.89 Å². The molecule has 1 amide bonds. The van der Waals surface area contributed by atoms with Gasteiger partial charge >= 0.3 is 0 Å². The van der Waals surface area contributed by atoms with Crippen LogP contribution in [0.15, 0.2) is 63.5 Å². The van der Waals surface area contributed by atoms with Gasteiger partial charge in [0, 0.05) is 15.7 Å². The predicted octanol–water partition coefficient (Wildman–Crippen LogP) is 7.21. The number of carbonyl (C=O) groups is 1. The molecule has 4 rings (SSSR count). The Labute approximate surface area is 218 Å². The Balaban J connectivity index is 1.45. The highest BCUT2D eigenvalue weighted by molar-refractivity contribution is 9.10. The molecule has 2 N–H and O–H groups in total. The average molecular weight is 552 g/mol. The van der Waals surface area contributed by atoms with E-state index in [9.17, 15) is 4.79 Å². The highest BCUT2D eigenvalue weighted by Crippen LogP contribution is 2.29. The summed E-state index contributed by atoms with van der Waals surface area (Å²) in [6.07, 6.45) is 1.07. The van der Waals surface area contributed by atoms with E-state index in [-0.39, 0.29) is 11.0 Å². The molecule has 0 bridgehead atoms. The lowest BCUT2D eigenvalue weighted by Gasteiger charge is -2.14. The van der Waals surface area contributed by atoms with Gasteiger partial charge in [0.1, 0.15) is 11.3 Å². The van der Waals surface area contributed by atoms with E-state index in [0.29, 0.717) is 23.1 Å². The Morgan fingerprint density at radius 2 is 1.91 bits per heavy atom. The number of hydrogen-bond donors (Lipinski definition) is 2. The molecule has 35 heavy (non-hydrogen) atoms. The number of rotatable bonds is 6. The number of amides is 1. The fourth-order valence-electron chi connectivity index (χ4n) is 3.81. The van der Waals surface area contributed by atoms with Crippen LogP contribution in [0.25, 0.3) is 22.6 Å². The van der Waals surface area contributed by atoms with Gasteiger partial charge in [-0.15, -0.1) is 0 Å². The second kappa shape index (κ2) is 10.6. The zero-order valence-electron chi connectivity index (χ0n) is 19.9. The number of carbonyl (C=O) groups excluding carboxylic acids is 1. The van der Waals surface area contributed by atoms with Crippen molar-refractivity contribution in [2.75, 3.05) is 12.4 Å². The van der Waals surface area contributed by atoms with E-state index < -0.39 is 0 Å². The van der Waals surface area contributed by atoms with Crippen molar-refractivity contribution in [3.05, 3.63) is 75.8 Å². The van der Waals surface area contributed by atoms with Crippen molar-refractivity contribution in [3.63, 3.8) is 0 Å². The SMILES string of the molecule is CCC(C)c1ccc2oc(-c3ccc(NC(=S)NC(=O)c4cc(Br)cc(C)c4OC)cc3)nc2c1. The van der Waals surface area contributed by atoms with Crippen LogP contribution in [0.2, 0.25) is 0 Å². The molecule has 0 aliphatic heterocycles. The predicted molar refractivity (Wildman–Crippen MR) is 147 cm³/mol. The number of ether oxygens (including phenoxy) is 1. The number of aromatic nitrogens is 1. The van der Waals surface area contributed by atoms with E-state index in [1.54, 1.807) is 6.07 Å². The van der Waals surface area contributed by atoms with Crippen molar-refractivity contribution in [2.24, 2.45) is 0 Å². The minimum atomic E-state index is -0.358. The number of thiocarbonyl (C=S) groups is 1. The van der Waals surface area contributed by atoms with E-state index in [1.807, 2.05) is 43.3 Å². The summed E-state index contributed by atoms with van der Waals surface area (Å²) in [5, 5.41) is 5.93. The van der Waals surface area contributed by atoms with Crippen LogP contribution in [-0.4, -0.2) is 23.1 Å². The number of benzene rings is 3. The molecular weight excluding hydrogens is 526 g/mol. The van der Waals surface area contributed by atoms with Gasteiger partial charge in [-0.25, -0.2) is 4.98 Å². The van der Waals surface area contributed by atoms with E-state index in [1.165, 1.54) is 12.7 Å². The maximum absolute atomic E-state index is 12.8. The van der Waals surface area contributed by atoms with Gasteiger partial charge < -0.3 is 14.5 Å². The number of hydrogen-bond acceptors (Lipinski definition) is 5. The second-order valence-electron chi connectivity index (χ2n) is 8.34. The van der Waals surface area contributed by atoms with Crippen molar-refractivity contribution >= 4 is 56.0 Å². The van der Waals surface area contributed by atoms with Gasteiger partial charge in [-0.2, -0.15) is 0 Å². The topological polar surface area (TPSA) is 76.4 Å². The summed E-state index contributed by atoms with van der Waals surface area (Å²) in [6.45, 7) is 6.26. The largest absolute Gasteiger partial charge is 0.496 e. The zero-order chi connectivity index (χ0) is 25.1. The summed E-state index contributed by atoms with van der Waals surface area (Å²) in [7, 11) is 1.53. The normalized spacial score (nSPS) is 11.8. The monoisotopic (exact) mass is 551 g/mol. The Kier molecular flexibility index (Phi) is 7.52. The molecule has 1 atom stereocenters. The van der Waals surface area contributed by atoms with Gasteiger partial charge in [-0.3, -0.25) is 10.1 Å². The number of nitrogens with one attached hydrogen (secondary N) is 2. The van der Waals surface area contributed by atoms with Crippen LogP contribution in [0.3, 0.4) is 0 Å². The molecule has 6 nitrogen and oxygen atoms in total. The second-order valence-corrected chi connectivity index (χ2v) is 9.67. The molecule has 4 aromatic rings. The molecule has 1 unspecified atom stereocenters. The standard InChI is InChI=1S/C27H26BrN3O3S/c1-5-15(2)18-8-11-23-22(13-18)30-26(34-23)17-6-9-20(10-7-17)29-27(35)31-25(32)21-14-19(28)12-16(3)24(21)33-4/h6-15H,5H2,1-4H3,(H2,29,31,32,35). The third-order valence-corrected chi connectivity index (χ3v) is 6.56. The number of nitrogens with zero attached hydrogens (tertiary/aromatic N) is 1. The van der Waals surface area contributed by atoms with Crippen LogP contribution in [0.4, 0.5) is 5.69 Å². The highest BCUT2D eigenvalue weighted by atomic mass is 79.9. The van der Waals surface area contributed by atoms with Crippen molar-refractivity contribution in [2.45, 2.75) is 33.1 Å². The molecule has 1 aromatic heterocycles. The first kappa shape index (κ1) is 24.9. The maximum atomic E-state index is 12.8. The number of anilines is 1. The molecule has 8 heteroatoms. The lowest BCUT2D eigenvalue weighted by molar-refractivity contribution is 0.0974. The molecule has 1 heterocycles. The smallest absolute Gasteiger partial charge is 0.261 e. The molecule has 0 spiro atoms. The lowest BCUT2D eigenvalue weighted by atomic mass is 9.98. The van der Waals surface area contributed by atoms with Gasteiger partial charge in [0.15, 0.2) is 10.7 Å². The molecule has 0 saturated carbocycles. The summed E-state index contributed by atoms with van der Waals surface area (Å²) in [5.74, 6) is 1.18. The van der Waals surface area contributed by atoms with Crippen LogP contribution in [0.5, 0.6) is 5.75 Å². The van der Waals surface area contributed by atoms with E-state index in [2.05, 4.69) is 57.5 Å². The fraction of sp³-hybridized carbons (Fsp3) is 0.222. The molecule has 0 aliphatic carbocycles. The van der Waals surface area contributed by atoms with E-state index in [0.717, 1.165) is 38.8 Å². The van der Waals surface area contributed by atoms with Crippen LogP contribution in [0, 0.1) is 6.92 Å². The Bertz CT molecular complexity index is 1400. The van der Waals surface area contributed by atoms with Gasteiger partial charge in [-0.05, 0) is 91.1 Å². The molecule has 180 valence electrons. The lowest BCUT2D eigenvalue weighted by Crippen LogP contribution is -2.34. The van der Waals surface area contributed by atoms with Gasteiger partial charge in [-0.1, -0.05) is 35.8 Å². The van der Waals surface area contributed by atoms with Crippen molar-refractivity contribution in [3.8, 4) is 17.2 Å². The number of oxazole rings is 1. The minimum Gasteiger partial charge on any atom is -0.496 e. The van der Waals surface area contributed by atoms with Crippen LogP contribution < -0.4 is 15.4 Å². The van der Waals surface area contributed by atoms with Crippen LogP contribution in [0.1, 0.15) is 47.7 Å².